The predicted octanol–water partition coefficient (Wildman–Crippen LogP) is 2.42. The van der Waals surface area contributed by atoms with Gasteiger partial charge in [0.2, 0.25) is 0 Å². The van der Waals surface area contributed by atoms with Gasteiger partial charge in [0.15, 0.2) is 5.69 Å². The van der Waals surface area contributed by atoms with Crippen LogP contribution in [0.15, 0.2) is 30.3 Å². The molecule has 1 aromatic heterocycles. The number of aliphatic carboxylic acids is 1. The zero-order valence-corrected chi connectivity index (χ0v) is 12.8. The molecule has 0 bridgehead atoms. The van der Waals surface area contributed by atoms with Crippen LogP contribution in [0.2, 0.25) is 0 Å². The van der Waals surface area contributed by atoms with E-state index in [1.54, 1.807) is 35.0 Å². The van der Waals surface area contributed by atoms with Crippen LogP contribution < -0.4 is 5.32 Å². The van der Waals surface area contributed by atoms with Gasteiger partial charge in [0.05, 0.1) is 6.42 Å². The molecule has 6 heteroatoms. The third-order valence-corrected chi connectivity index (χ3v) is 3.31. The maximum absolute atomic E-state index is 12.2. The van der Waals surface area contributed by atoms with E-state index >= 15 is 0 Å². The van der Waals surface area contributed by atoms with Crippen molar-refractivity contribution in [1.29, 1.82) is 0 Å². The van der Waals surface area contributed by atoms with E-state index in [2.05, 4.69) is 10.4 Å². The van der Waals surface area contributed by atoms with E-state index in [0.29, 0.717) is 16.9 Å². The summed E-state index contributed by atoms with van der Waals surface area (Å²) < 4.78 is 1.70. The van der Waals surface area contributed by atoms with Crippen LogP contribution in [0.25, 0.3) is 0 Å². The maximum atomic E-state index is 12.2. The maximum Gasteiger partial charge on any atom is 0.307 e. The molecule has 0 aliphatic carbocycles. The van der Waals surface area contributed by atoms with Gasteiger partial charge in [0, 0.05) is 18.4 Å². The molecule has 0 saturated heterocycles. The predicted molar refractivity (Wildman–Crippen MR) is 83.0 cm³/mol. The average molecular weight is 301 g/mol. The molecule has 1 aromatic carbocycles. The van der Waals surface area contributed by atoms with E-state index in [0.717, 1.165) is 5.69 Å². The molecule has 0 aliphatic rings. The summed E-state index contributed by atoms with van der Waals surface area (Å²) in [6.07, 6.45) is -0.0355. The number of benzene rings is 1. The normalized spacial score (nSPS) is 10.7. The third kappa shape index (κ3) is 3.72. The number of anilines is 1. The highest BCUT2D eigenvalue weighted by Gasteiger charge is 2.14. The first-order chi connectivity index (χ1) is 10.4. The molecule has 0 saturated carbocycles. The van der Waals surface area contributed by atoms with Crippen LogP contribution in [0, 0.1) is 0 Å². The molecule has 116 valence electrons. The van der Waals surface area contributed by atoms with Crippen molar-refractivity contribution in [3.63, 3.8) is 0 Å². The molecule has 0 spiro atoms. The lowest BCUT2D eigenvalue weighted by atomic mass is 10.1. The topological polar surface area (TPSA) is 84.2 Å². The third-order valence-electron chi connectivity index (χ3n) is 3.31. The zero-order chi connectivity index (χ0) is 16.3. The van der Waals surface area contributed by atoms with Crippen molar-refractivity contribution >= 4 is 17.6 Å². The molecule has 2 N–H and O–H groups in total. The number of carboxylic acids is 1. The highest BCUT2D eigenvalue weighted by molar-refractivity contribution is 6.02. The van der Waals surface area contributed by atoms with Gasteiger partial charge in [-0.3, -0.25) is 14.3 Å². The van der Waals surface area contributed by atoms with Gasteiger partial charge in [-0.05, 0) is 29.7 Å². The molecule has 0 radical (unpaired) electrons. The van der Waals surface area contributed by atoms with Gasteiger partial charge in [-0.15, -0.1) is 0 Å². The van der Waals surface area contributed by atoms with E-state index in [4.69, 9.17) is 5.11 Å². The Morgan fingerprint density at radius 1 is 1.27 bits per heavy atom. The minimum atomic E-state index is -0.883. The van der Waals surface area contributed by atoms with Gasteiger partial charge in [-0.25, -0.2) is 0 Å². The molecule has 0 atom stereocenters. The van der Waals surface area contributed by atoms with Crippen molar-refractivity contribution in [3.8, 4) is 0 Å². The lowest BCUT2D eigenvalue weighted by Crippen LogP contribution is -2.13. The number of hydrogen-bond acceptors (Lipinski definition) is 3. The zero-order valence-electron chi connectivity index (χ0n) is 12.8. The molecule has 22 heavy (non-hydrogen) atoms. The quantitative estimate of drug-likeness (QED) is 0.888. The number of aryl methyl sites for hydroxylation is 1. The van der Waals surface area contributed by atoms with E-state index < -0.39 is 5.97 Å². The summed E-state index contributed by atoms with van der Waals surface area (Å²) in [5.41, 5.74) is 2.64. The number of amides is 1. The average Bonchev–Trinajstić information content (AvgIpc) is 2.83. The molecular weight excluding hydrogens is 282 g/mol. The van der Waals surface area contributed by atoms with Crippen LogP contribution in [0.5, 0.6) is 0 Å². The Bertz CT molecular complexity index is 687. The van der Waals surface area contributed by atoms with Crippen molar-refractivity contribution < 1.29 is 14.7 Å². The van der Waals surface area contributed by atoms with Crippen LogP contribution in [0.3, 0.4) is 0 Å². The number of carbonyl (C=O) groups is 2. The fourth-order valence-corrected chi connectivity index (χ4v) is 2.21. The van der Waals surface area contributed by atoms with Crippen molar-refractivity contribution in [2.24, 2.45) is 7.05 Å². The largest absolute Gasteiger partial charge is 0.481 e. The standard InChI is InChI=1S/C16H19N3O3/c1-10(2)14-9-13(18-19(14)3)16(22)17-12-6-4-11(5-7-12)8-15(20)21/h4-7,9-10H,8H2,1-3H3,(H,17,22)(H,20,21). The number of hydrogen-bond donors (Lipinski definition) is 2. The minimum absolute atomic E-state index is 0.0355. The Kier molecular flexibility index (Phi) is 4.60. The van der Waals surface area contributed by atoms with Crippen LogP contribution in [-0.2, 0) is 18.3 Å². The van der Waals surface area contributed by atoms with Gasteiger partial charge >= 0.3 is 5.97 Å². The number of nitrogens with zero attached hydrogens (tertiary/aromatic N) is 2. The van der Waals surface area contributed by atoms with E-state index in [1.165, 1.54) is 0 Å². The van der Waals surface area contributed by atoms with Gasteiger partial charge in [-0.2, -0.15) is 5.10 Å². The molecule has 1 heterocycles. The molecular formula is C16H19N3O3. The highest BCUT2D eigenvalue weighted by Crippen LogP contribution is 2.16. The van der Waals surface area contributed by atoms with Crippen molar-refractivity contribution in [2.75, 3.05) is 5.32 Å². The fraction of sp³-hybridized carbons (Fsp3) is 0.312. The lowest BCUT2D eigenvalue weighted by Gasteiger charge is -2.04. The molecule has 0 aliphatic heterocycles. The Labute approximate surface area is 128 Å². The lowest BCUT2D eigenvalue weighted by molar-refractivity contribution is -0.136. The summed E-state index contributed by atoms with van der Waals surface area (Å²) in [7, 11) is 1.81. The summed E-state index contributed by atoms with van der Waals surface area (Å²) in [5.74, 6) is -0.880. The van der Waals surface area contributed by atoms with Gasteiger partial charge < -0.3 is 10.4 Å². The van der Waals surface area contributed by atoms with Crippen LogP contribution in [-0.4, -0.2) is 26.8 Å². The van der Waals surface area contributed by atoms with Crippen molar-refractivity contribution in [1.82, 2.24) is 9.78 Å². The first kappa shape index (κ1) is 15.8. The number of carbonyl (C=O) groups excluding carboxylic acids is 1. The smallest absolute Gasteiger partial charge is 0.307 e. The Balaban J connectivity index is 2.08. The second-order valence-corrected chi connectivity index (χ2v) is 5.45. The summed E-state index contributed by atoms with van der Waals surface area (Å²) >= 11 is 0. The summed E-state index contributed by atoms with van der Waals surface area (Å²) in [6, 6.07) is 8.51. The Morgan fingerprint density at radius 3 is 2.41 bits per heavy atom. The van der Waals surface area contributed by atoms with E-state index in [-0.39, 0.29) is 18.2 Å². The Hall–Kier alpha value is -2.63. The molecule has 1 amide bonds. The molecule has 2 rings (SSSR count). The molecule has 6 nitrogen and oxygen atoms in total. The number of nitrogens with one attached hydrogen (secondary N) is 1. The van der Waals surface area contributed by atoms with Crippen molar-refractivity contribution in [3.05, 3.63) is 47.3 Å². The molecule has 2 aromatic rings. The minimum Gasteiger partial charge on any atom is -0.481 e. The monoisotopic (exact) mass is 301 g/mol. The van der Waals surface area contributed by atoms with Crippen LogP contribution in [0.1, 0.15) is 41.5 Å². The van der Waals surface area contributed by atoms with Crippen molar-refractivity contribution in [2.45, 2.75) is 26.2 Å². The number of rotatable bonds is 5. The second-order valence-electron chi connectivity index (χ2n) is 5.45. The summed E-state index contributed by atoms with van der Waals surface area (Å²) in [6.45, 7) is 4.08. The van der Waals surface area contributed by atoms with Crippen LogP contribution >= 0.6 is 0 Å². The summed E-state index contributed by atoms with van der Waals surface area (Å²) in [4.78, 5) is 22.8. The van der Waals surface area contributed by atoms with Gasteiger partial charge in [0.25, 0.3) is 5.91 Å². The molecule has 0 unspecified atom stereocenters. The fourth-order valence-electron chi connectivity index (χ4n) is 2.21. The Morgan fingerprint density at radius 2 is 1.91 bits per heavy atom. The first-order valence-corrected chi connectivity index (χ1v) is 7.03. The van der Waals surface area contributed by atoms with Gasteiger partial charge in [-0.1, -0.05) is 26.0 Å². The van der Waals surface area contributed by atoms with E-state index in [9.17, 15) is 9.59 Å². The highest BCUT2D eigenvalue weighted by atomic mass is 16.4. The second kappa shape index (κ2) is 6.43. The van der Waals surface area contributed by atoms with Gasteiger partial charge in [0.1, 0.15) is 0 Å². The number of aromatic nitrogens is 2. The first-order valence-electron chi connectivity index (χ1n) is 7.03. The number of carboxylic acid groups (broad SMARTS) is 1. The molecule has 0 fully saturated rings. The van der Waals surface area contributed by atoms with Crippen LogP contribution in [0.4, 0.5) is 5.69 Å². The van der Waals surface area contributed by atoms with E-state index in [1.807, 2.05) is 20.9 Å². The SMILES string of the molecule is CC(C)c1cc(C(=O)Nc2ccc(CC(=O)O)cc2)nn1C. The summed E-state index contributed by atoms with van der Waals surface area (Å²) in [5, 5.41) is 15.7.